The standard InChI is InChI=1S/C23H17N3O2/c1-26(15-17-9-7-16(14-24)8-10-17)23(27)19-11-12-21-20(13-19)22(28-25-21)18-5-3-2-4-6-18/h2-13H,15H2,1H3. The Hall–Kier alpha value is -3.91. The molecule has 0 N–H and O–H groups in total. The molecule has 136 valence electrons. The van der Waals surface area contributed by atoms with Crippen molar-refractivity contribution in [3.05, 3.63) is 89.5 Å². The molecule has 0 aliphatic carbocycles. The largest absolute Gasteiger partial charge is 0.355 e. The lowest BCUT2D eigenvalue weighted by Crippen LogP contribution is -2.26. The van der Waals surface area contributed by atoms with Gasteiger partial charge in [-0.3, -0.25) is 4.79 Å². The number of carbonyl (C=O) groups is 1. The summed E-state index contributed by atoms with van der Waals surface area (Å²) in [6, 6.07) is 24.4. The van der Waals surface area contributed by atoms with E-state index in [-0.39, 0.29) is 5.91 Å². The van der Waals surface area contributed by atoms with Crippen molar-refractivity contribution in [3.63, 3.8) is 0 Å². The van der Waals surface area contributed by atoms with Gasteiger partial charge in [-0.05, 0) is 35.9 Å². The van der Waals surface area contributed by atoms with E-state index in [0.717, 1.165) is 16.5 Å². The van der Waals surface area contributed by atoms with Crippen LogP contribution in [0.15, 0.2) is 77.3 Å². The van der Waals surface area contributed by atoms with Crippen LogP contribution < -0.4 is 0 Å². The number of nitrogens with zero attached hydrogens (tertiary/aromatic N) is 3. The van der Waals surface area contributed by atoms with Crippen molar-refractivity contribution in [1.82, 2.24) is 10.1 Å². The van der Waals surface area contributed by atoms with Crippen LogP contribution in [0.2, 0.25) is 0 Å². The number of benzene rings is 3. The van der Waals surface area contributed by atoms with Crippen LogP contribution in [0, 0.1) is 11.3 Å². The van der Waals surface area contributed by atoms with Gasteiger partial charge in [0, 0.05) is 24.7 Å². The molecule has 3 aromatic carbocycles. The number of amides is 1. The van der Waals surface area contributed by atoms with Gasteiger partial charge >= 0.3 is 0 Å². The number of aromatic nitrogens is 1. The minimum absolute atomic E-state index is 0.0912. The Kier molecular flexibility index (Phi) is 4.61. The number of rotatable bonds is 4. The lowest BCUT2D eigenvalue weighted by Gasteiger charge is -2.17. The van der Waals surface area contributed by atoms with Crippen molar-refractivity contribution in [2.24, 2.45) is 0 Å². The fourth-order valence-corrected chi connectivity index (χ4v) is 3.12. The molecule has 0 saturated heterocycles. The second kappa shape index (κ2) is 7.37. The van der Waals surface area contributed by atoms with Gasteiger partial charge in [-0.1, -0.05) is 47.6 Å². The van der Waals surface area contributed by atoms with Crippen molar-refractivity contribution in [3.8, 4) is 17.4 Å². The summed E-state index contributed by atoms with van der Waals surface area (Å²) in [6.07, 6.45) is 0. The maximum atomic E-state index is 12.9. The molecule has 0 aliphatic rings. The normalized spacial score (nSPS) is 10.6. The monoisotopic (exact) mass is 367 g/mol. The minimum Gasteiger partial charge on any atom is -0.355 e. The van der Waals surface area contributed by atoms with E-state index >= 15 is 0 Å². The Labute approximate surface area is 162 Å². The van der Waals surface area contributed by atoms with Crippen molar-refractivity contribution >= 4 is 16.8 Å². The first-order valence-electron chi connectivity index (χ1n) is 8.85. The van der Waals surface area contributed by atoms with Crippen LogP contribution in [0.5, 0.6) is 0 Å². The van der Waals surface area contributed by atoms with Gasteiger partial charge in [-0.2, -0.15) is 5.26 Å². The molecule has 0 aliphatic heterocycles. The quantitative estimate of drug-likeness (QED) is 0.527. The Morgan fingerprint density at radius 2 is 1.82 bits per heavy atom. The smallest absolute Gasteiger partial charge is 0.253 e. The summed E-state index contributed by atoms with van der Waals surface area (Å²) in [5.74, 6) is 0.562. The van der Waals surface area contributed by atoms with Crippen LogP contribution in [0.1, 0.15) is 21.5 Å². The molecule has 0 fully saturated rings. The molecule has 5 nitrogen and oxygen atoms in total. The number of fused-ring (bicyclic) bond motifs is 1. The average molecular weight is 367 g/mol. The van der Waals surface area contributed by atoms with Gasteiger partial charge in [0.2, 0.25) is 0 Å². The van der Waals surface area contributed by atoms with Gasteiger partial charge in [0.25, 0.3) is 5.91 Å². The highest BCUT2D eigenvalue weighted by Gasteiger charge is 2.16. The van der Waals surface area contributed by atoms with E-state index in [1.807, 2.05) is 48.5 Å². The van der Waals surface area contributed by atoms with Crippen LogP contribution in [-0.2, 0) is 6.54 Å². The summed E-state index contributed by atoms with van der Waals surface area (Å²) in [4.78, 5) is 14.6. The minimum atomic E-state index is -0.0912. The van der Waals surface area contributed by atoms with Gasteiger partial charge in [-0.15, -0.1) is 0 Å². The molecular formula is C23H17N3O2. The maximum absolute atomic E-state index is 12.9. The highest BCUT2D eigenvalue weighted by atomic mass is 16.5. The number of hydrogen-bond acceptors (Lipinski definition) is 4. The molecule has 0 radical (unpaired) electrons. The summed E-state index contributed by atoms with van der Waals surface area (Å²) in [5, 5.41) is 13.8. The van der Waals surface area contributed by atoms with Crippen LogP contribution in [0.4, 0.5) is 0 Å². The maximum Gasteiger partial charge on any atom is 0.253 e. The molecule has 1 amide bonds. The predicted octanol–water partition coefficient (Wildman–Crippen LogP) is 4.64. The van der Waals surface area contributed by atoms with Crippen LogP contribution >= 0.6 is 0 Å². The predicted molar refractivity (Wildman–Crippen MR) is 106 cm³/mol. The zero-order valence-corrected chi connectivity index (χ0v) is 15.3. The van der Waals surface area contributed by atoms with Crippen LogP contribution in [0.25, 0.3) is 22.2 Å². The summed E-state index contributed by atoms with van der Waals surface area (Å²) < 4.78 is 5.51. The molecule has 0 atom stereocenters. The zero-order valence-electron chi connectivity index (χ0n) is 15.3. The molecule has 28 heavy (non-hydrogen) atoms. The summed E-state index contributed by atoms with van der Waals surface area (Å²) in [7, 11) is 1.76. The second-order valence-corrected chi connectivity index (χ2v) is 6.58. The van der Waals surface area contributed by atoms with Crippen molar-refractivity contribution in [1.29, 1.82) is 5.26 Å². The fourth-order valence-electron chi connectivity index (χ4n) is 3.12. The van der Waals surface area contributed by atoms with Gasteiger partial charge in [0.1, 0.15) is 5.52 Å². The van der Waals surface area contributed by atoms with E-state index in [9.17, 15) is 4.79 Å². The molecule has 0 saturated carbocycles. The van der Waals surface area contributed by atoms with E-state index in [1.54, 1.807) is 36.2 Å². The summed E-state index contributed by atoms with van der Waals surface area (Å²) in [6.45, 7) is 0.456. The number of nitriles is 1. The lowest BCUT2D eigenvalue weighted by atomic mass is 10.1. The molecule has 4 rings (SSSR count). The first kappa shape index (κ1) is 17.5. The van der Waals surface area contributed by atoms with E-state index < -0.39 is 0 Å². The van der Waals surface area contributed by atoms with Gasteiger partial charge < -0.3 is 9.42 Å². The molecule has 1 heterocycles. The molecule has 0 bridgehead atoms. The van der Waals surface area contributed by atoms with Crippen LogP contribution in [0.3, 0.4) is 0 Å². The second-order valence-electron chi connectivity index (χ2n) is 6.58. The van der Waals surface area contributed by atoms with E-state index in [0.29, 0.717) is 28.9 Å². The van der Waals surface area contributed by atoms with E-state index in [4.69, 9.17) is 9.78 Å². The summed E-state index contributed by atoms with van der Waals surface area (Å²) in [5.41, 5.74) is 3.77. The molecule has 0 unspecified atom stereocenters. The van der Waals surface area contributed by atoms with E-state index in [1.165, 1.54) is 0 Å². The van der Waals surface area contributed by atoms with E-state index in [2.05, 4.69) is 11.2 Å². The highest BCUT2D eigenvalue weighted by Crippen LogP contribution is 2.29. The van der Waals surface area contributed by atoms with Crippen LogP contribution in [-0.4, -0.2) is 23.0 Å². The average Bonchev–Trinajstić information content (AvgIpc) is 3.17. The summed E-state index contributed by atoms with van der Waals surface area (Å²) >= 11 is 0. The zero-order chi connectivity index (χ0) is 19.5. The molecular weight excluding hydrogens is 350 g/mol. The Morgan fingerprint density at radius 1 is 1.07 bits per heavy atom. The molecule has 1 aromatic heterocycles. The van der Waals surface area contributed by atoms with Crippen molar-refractivity contribution in [2.75, 3.05) is 7.05 Å². The molecule has 5 heteroatoms. The fraction of sp³-hybridized carbons (Fsp3) is 0.0870. The van der Waals surface area contributed by atoms with Crippen molar-refractivity contribution in [2.45, 2.75) is 6.54 Å². The number of hydrogen-bond donors (Lipinski definition) is 0. The van der Waals surface area contributed by atoms with Crippen molar-refractivity contribution < 1.29 is 9.32 Å². The first-order chi connectivity index (χ1) is 13.7. The van der Waals surface area contributed by atoms with Gasteiger partial charge in [0.05, 0.1) is 17.0 Å². The topological polar surface area (TPSA) is 70.1 Å². The molecule has 0 spiro atoms. The third kappa shape index (κ3) is 3.36. The Bertz CT molecular complexity index is 1170. The number of carbonyl (C=O) groups excluding carboxylic acids is 1. The SMILES string of the molecule is CN(Cc1ccc(C#N)cc1)C(=O)c1ccc2noc(-c3ccccc3)c2c1. The molecule has 4 aromatic rings. The highest BCUT2D eigenvalue weighted by molar-refractivity contribution is 6.00. The Balaban J connectivity index is 1.61. The Morgan fingerprint density at radius 3 is 2.54 bits per heavy atom. The lowest BCUT2D eigenvalue weighted by molar-refractivity contribution is 0.0785. The third-order valence-corrected chi connectivity index (χ3v) is 4.61. The third-order valence-electron chi connectivity index (χ3n) is 4.61. The first-order valence-corrected chi connectivity index (χ1v) is 8.85. The van der Waals surface area contributed by atoms with Gasteiger partial charge in [-0.25, -0.2) is 0 Å². The van der Waals surface area contributed by atoms with Gasteiger partial charge in [0.15, 0.2) is 5.76 Å².